The molecule has 0 aliphatic carbocycles. The van der Waals surface area contributed by atoms with Gasteiger partial charge in [-0.25, -0.2) is 14.4 Å². The van der Waals surface area contributed by atoms with E-state index in [-0.39, 0.29) is 11.7 Å². The molecule has 5 nitrogen and oxygen atoms in total. The van der Waals surface area contributed by atoms with E-state index in [2.05, 4.69) is 20.6 Å². The third-order valence-electron chi connectivity index (χ3n) is 4.29. The van der Waals surface area contributed by atoms with Crippen LogP contribution in [0.2, 0.25) is 5.02 Å². The van der Waals surface area contributed by atoms with Crippen molar-refractivity contribution in [2.75, 3.05) is 10.6 Å². The Bertz CT molecular complexity index is 1200. The number of anilines is 3. The molecule has 0 saturated heterocycles. The van der Waals surface area contributed by atoms with Crippen molar-refractivity contribution in [1.29, 1.82) is 0 Å². The molecular weight excluding hydrogens is 403 g/mol. The Hall–Kier alpha value is -3.77. The van der Waals surface area contributed by atoms with Gasteiger partial charge in [0.15, 0.2) is 0 Å². The molecule has 148 valence electrons. The van der Waals surface area contributed by atoms with E-state index in [1.54, 1.807) is 60.7 Å². The number of carbonyl (C=O) groups is 1. The van der Waals surface area contributed by atoms with Crippen LogP contribution in [0.4, 0.5) is 21.6 Å². The van der Waals surface area contributed by atoms with Gasteiger partial charge in [-0.1, -0.05) is 29.8 Å². The van der Waals surface area contributed by atoms with Gasteiger partial charge in [-0.3, -0.25) is 4.79 Å². The van der Waals surface area contributed by atoms with E-state index < -0.39 is 0 Å². The lowest BCUT2D eigenvalue weighted by Gasteiger charge is -2.10. The molecule has 0 aliphatic heterocycles. The van der Waals surface area contributed by atoms with Crippen LogP contribution in [0.1, 0.15) is 10.4 Å². The lowest BCUT2D eigenvalue weighted by molar-refractivity contribution is 0.102. The minimum absolute atomic E-state index is 0.246. The molecule has 1 amide bonds. The second-order valence-electron chi connectivity index (χ2n) is 6.47. The van der Waals surface area contributed by atoms with Crippen LogP contribution in [-0.4, -0.2) is 15.9 Å². The standard InChI is InChI=1S/C23H16ClFN4O/c24-17-7-9-19(10-8-17)29-23(30)16-4-2-6-20(12-16)28-22-13-21(26-14-27-22)15-3-1-5-18(25)11-15/h1-14H,(H,29,30)(H,26,27,28). The maximum absolute atomic E-state index is 13.5. The van der Waals surface area contributed by atoms with Crippen molar-refractivity contribution < 1.29 is 9.18 Å². The van der Waals surface area contributed by atoms with Gasteiger partial charge in [0.2, 0.25) is 0 Å². The number of carbonyl (C=O) groups excluding carboxylic acids is 1. The zero-order valence-electron chi connectivity index (χ0n) is 15.6. The number of rotatable bonds is 5. The van der Waals surface area contributed by atoms with Gasteiger partial charge in [-0.15, -0.1) is 0 Å². The van der Waals surface area contributed by atoms with E-state index in [0.29, 0.717) is 39.0 Å². The third kappa shape index (κ3) is 4.79. The van der Waals surface area contributed by atoms with Gasteiger partial charge in [-0.2, -0.15) is 0 Å². The highest BCUT2D eigenvalue weighted by atomic mass is 35.5. The lowest BCUT2D eigenvalue weighted by Crippen LogP contribution is -2.12. The molecule has 0 atom stereocenters. The van der Waals surface area contributed by atoms with E-state index in [0.717, 1.165) is 0 Å². The van der Waals surface area contributed by atoms with Crippen LogP contribution >= 0.6 is 11.6 Å². The van der Waals surface area contributed by atoms with Gasteiger partial charge in [0, 0.05) is 33.6 Å². The first kappa shape index (κ1) is 19.5. The van der Waals surface area contributed by atoms with Gasteiger partial charge in [-0.05, 0) is 54.6 Å². The number of benzene rings is 3. The SMILES string of the molecule is O=C(Nc1ccc(Cl)cc1)c1cccc(Nc2cc(-c3cccc(F)c3)ncn2)c1. The number of nitrogens with zero attached hydrogens (tertiary/aromatic N) is 2. The maximum Gasteiger partial charge on any atom is 0.255 e. The summed E-state index contributed by atoms with van der Waals surface area (Å²) in [5.74, 6) is -0.0522. The smallest absolute Gasteiger partial charge is 0.255 e. The molecule has 0 aliphatic rings. The summed E-state index contributed by atoms with van der Waals surface area (Å²) in [5.41, 5.74) is 3.05. The number of nitrogens with one attached hydrogen (secondary N) is 2. The molecular formula is C23H16ClFN4O. The van der Waals surface area contributed by atoms with Crippen molar-refractivity contribution in [2.24, 2.45) is 0 Å². The second kappa shape index (κ2) is 8.71. The monoisotopic (exact) mass is 418 g/mol. The van der Waals surface area contributed by atoms with Crippen molar-refractivity contribution in [3.63, 3.8) is 0 Å². The molecule has 0 unspecified atom stereocenters. The first-order valence-corrected chi connectivity index (χ1v) is 9.47. The number of aromatic nitrogens is 2. The zero-order valence-corrected chi connectivity index (χ0v) is 16.4. The highest BCUT2D eigenvalue weighted by molar-refractivity contribution is 6.30. The number of hydrogen-bond donors (Lipinski definition) is 2. The maximum atomic E-state index is 13.5. The highest BCUT2D eigenvalue weighted by Crippen LogP contribution is 2.22. The predicted molar refractivity (Wildman–Crippen MR) is 117 cm³/mol. The Morgan fingerprint density at radius 2 is 1.67 bits per heavy atom. The van der Waals surface area contributed by atoms with Crippen LogP contribution in [0, 0.1) is 5.82 Å². The van der Waals surface area contributed by atoms with Crippen molar-refractivity contribution in [3.05, 3.63) is 102 Å². The third-order valence-corrected chi connectivity index (χ3v) is 4.54. The topological polar surface area (TPSA) is 66.9 Å². The Kier molecular flexibility index (Phi) is 5.68. The average Bonchev–Trinajstić information content (AvgIpc) is 2.76. The molecule has 0 fully saturated rings. The quantitative estimate of drug-likeness (QED) is 0.421. The molecule has 0 spiro atoms. The summed E-state index contributed by atoms with van der Waals surface area (Å²) in [5, 5.41) is 6.58. The summed E-state index contributed by atoms with van der Waals surface area (Å²) < 4.78 is 13.5. The summed E-state index contributed by atoms with van der Waals surface area (Å²) in [4.78, 5) is 20.9. The van der Waals surface area contributed by atoms with Gasteiger partial charge >= 0.3 is 0 Å². The molecule has 0 bridgehead atoms. The summed E-state index contributed by atoms with van der Waals surface area (Å²) in [7, 11) is 0. The first-order valence-electron chi connectivity index (χ1n) is 9.09. The second-order valence-corrected chi connectivity index (χ2v) is 6.90. The Morgan fingerprint density at radius 3 is 2.47 bits per heavy atom. The fraction of sp³-hybridized carbons (Fsp3) is 0. The first-order chi connectivity index (χ1) is 14.6. The van der Waals surface area contributed by atoms with Crippen LogP contribution in [0.5, 0.6) is 0 Å². The lowest BCUT2D eigenvalue weighted by atomic mass is 10.1. The van der Waals surface area contributed by atoms with E-state index in [4.69, 9.17) is 11.6 Å². The van der Waals surface area contributed by atoms with Crippen LogP contribution in [-0.2, 0) is 0 Å². The van der Waals surface area contributed by atoms with Crippen molar-refractivity contribution in [3.8, 4) is 11.3 Å². The number of halogens is 2. The zero-order chi connectivity index (χ0) is 20.9. The fourth-order valence-corrected chi connectivity index (χ4v) is 2.98. The van der Waals surface area contributed by atoms with Gasteiger partial charge < -0.3 is 10.6 Å². The van der Waals surface area contributed by atoms with Crippen LogP contribution < -0.4 is 10.6 Å². The number of hydrogen-bond acceptors (Lipinski definition) is 4. The Morgan fingerprint density at radius 1 is 0.867 bits per heavy atom. The fourth-order valence-electron chi connectivity index (χ4n) is 2.85. The Balaban J connectivity index is 1.51. The van der Waals surface area contributed by atoms with E-state index in [1.807, 2.05) is 6.07 Å². The van der Waals surface area contributed by atoms with Crippen LogP contribution in [0.15, 0.2) is 85.2 Å². The van der Waals surface area contributed by atoms with Crippen LogP contribution in [0.25, 0.3) is 11.3 Å². The molecule has 2 N–H and O–H groups in total. The molecule has 1 heterocycles. The minimum Gasteiger partial charge on any atom is -0.340 e. The molecule has 3 aromatic carbocycles. The molecule has 1 aromatic heterocycles. The van der Waals surface area contributed by atoms with Gasteiger partial charge in [0.1, 0.15) is 18.0 Å². The Labute approximate surface area is 177 Å². The van der Waals surface area contributed by atoms with Crippen molar-refractivity contribution in [2.45, 2.75) is 0 Å². The molecule has 0 saturated carbocycles. The molecule has 7 heteroatoms. The van der Waals surface area contributed by atoms with E-state index in [9.17, 15) is 9.18 Å². The molecule has 4 rings (SSSR count). The summed E-state index contributed by atoms with van der Waals surface area (Å²) in [6.07, 6.45) is 1.40. The molecule has 0 radical (unpaired) electrons. The van der Waals surface area contributed by atoms with E-state index >= 15 is 0 Å². The molecule has 30 heavy (non-hydrogen) atoms. The van der Waals surface area contributed by atoms with Crippen molar-refractivity contribution in [1.82, 2.24) is 9.97 Å². The van der Waals surface area contributed by atoms with Crippen molar-refractivity contribution >= 4 is 34.7 Å². The summed E-state index contributed by atoms with van der Waals surface area (Å²) in [6.45, 7) is 0. The number of amides is 1. The molecule has 4 aromatic rings. The highest BCUT2D eigenvalue weighted by Gasteiger charge is 2.08. The minimum atomic E-state index is -0.333. The van der Waals surface area contributed by atoms with Crippen LogP contribution in [0.3, 0.4) is 0 Å². The van der Waals surface area contributed by atoms with Gasteiger partial charge in [0.05, 0.1) is 5.69 Å². The van der Waals surface area contributed by atoms with Gasteiger partial charge in [0.25, 0.3) is 5.91 Å². The normalized spacial score (nSPS) is 10.5. The summed E-state index contributed by atoms with van der Waals surface area (Å²) in [6, 6.07) is 21.8. The van der Waals surface area contributed by atoms with E-state index in [1.165, 1.54) is 18.5 Å². The largest absolute Gasteiger partial charge is 0.340 e. The predicted octanol–water partition coefficient (Wildman–Crippen LogP) is 5.93. The average molecular weight is 419 g/mol. The summed E-state index contributed by atoms with van der Waals surface area (Å²) >= 11 is 5.87.